The van der Waals surface area contributed by atoms with Crippen molar-refractivity contribution >= 4 is 22.4 Å². The molecule has 2 aromatic carbocycles. The SMILES string of the molecule is CCC(N)C1(c2cccc(OC)c2)CCC(Oc2cc3cc[nH]c(=O)c3cc2Cl)CC1. The minimum atomic E-state index is -0.153. The number of hydrogen-bond donors (Lipinski definition) is 2. The van der Waals surface area contributed by atoms with E-state index in [1.165, 1.54) is 5.56 Å². The molecule has 5 nitrogen and oxygen atoms in total. The highest BCUT2D eigenvalue weighted by atomic mass is 35.5. The Morgan fingerprint density at radius 3 is 2.71 bits per heavy atom. The van der Waals surface area contributed by atoms with Gasteiger partial charge in [-0.3, -0.25) is 4.79 Å². The second kappa shape index (κ2) is 8.93. The van der Waals surface area contributed by atoms with Gasteiger partial charge in [-0.05, 0) is 73.4 Å². The second-order valence-corrected chi connectivity index (χ2v) is 8.80. The van der Waals surface area contributed by atoms with Gasteiger partial charge >= 0.3 is 0 Å². The van der Waals surface area contributed by atoms with Gasteiger partial charge in [0.05, 0.1) is 18.2 Å². The number of rotatable bonds is 6. The molecule has 0 bridgehead atoms. The molecule has 1 fully saturated rings. The summed E-state index contributed by atoms with van der Waals surface area (Å²) < 4.78 is 11.8. The molecule has 0 spiro atoms. The summed E-state index contributed by atoms with van der Waals surface area (Å²) in [7, 11) is 1.69. The van der Waals surface area contributed by atoms with Gasteiger partial charge in [0.1, 0.15) is 11.5 Å². The summed E-state index contributed by atoms with van der Waals surface area (Å²) in [6, 6.07) is 13.8. The number of aromatic nitrogens is 1. The van der Waals surface area contributed by atoms with E-state index in [1.54, 1.807) is 19.4 Å². The number of H-pyrrole nitrogens is 1. The van der Waals surface area contributed by atoms with E-state index < -0.39 is 0 Å². The molecule has 1 heterocycles. The summed E-state index contributed by atoms with van der Waals surface area (Å²) in [5.74, 6) is 1.48. The number of hydrogen-bond acceptors (Lipinski definition) is 4. The predicted molar refractivity (Wildman–Crippen MR) is 125 cm³/mol. The molecule has 4 rings (SSSR count). The van der Waals surface area contributed by atoms with Crippen LogP contribution in [0.4, 0.5) is 0 Å². The number of nitrogens with two attached hydrogens (primary N) is 1. The van der Waals surface area contributed by atoms with Crippen molar-refractivity contribution in [3.8, 4) is 11.5 Å². The van der Waals surface area contributed by atoms with Crippen LogP contribution in [0.25, 0.3) is 10.8 Å². The van der Waals surface area contributed by atoms with E-state index in [9.17, 15) is 4.79 Å². The molecule has 1 atom stereocenters. The van der Waals surface area contributed by atoms with E-state index in [4.69, 9.17) is 26.8 Å². The van der Waals surface area contributed by atoms with Gasteiger partial charge in [-0.15, -0.1) is 0 Å². The van der Waals surface area contributed by atoms with E-state index in [0.29, 0.717) is 16.2 Å². The summed E-state index contributed by atoms with van der Waals surface area (Å²) in [6.45, 7) is 2.14. The Bertz CT molecular complexity index is 1120. The maximum atomic E-state index is 12.0. The normalized spacial score (nSPS) is 22.3. The first-order chi connectivity index (χ1) is 15.0. The van der Waals surface area contributed by atoms with Gasteiger partial charge in [0, 0.05) is 23.0 Å². The van der Waals surface area contributed by atoms with Crippen LogP contribution in [0.1, 0.15) is 44.6 Å². The lowest BCUT2D eigenvalue weighted by Crippen LogP contribution is -2.48. The third-order valence-electron chi connectivity index (χ3n) is 6.74. The minimum Gasteiger partial charge on any atom is -0.497 e. The maximum Gasteiger partial charge on any atom is 0.255 e. The minimum absolute atomic E-state index is 0.0553. The van der Waals surface area contributed by atoms with Gasteiger partial charge < -0.3 is 20.2 Å². The lowest BCUT2D eigenvalue weighted by Gasteiger charge is -2.44. The molecule has 0 radical (unpaired) electrons. The zero-order valence-electron chi connectivity index (χ0n) is 18.0. The van der Waals surface area contributed by atoms with Crippen LogP contribution >= 0.6 is 11.6 Å². The lowest BCUT2D eigenvalue weighted by molar-refractivity contribution is 0.104. The fourth-order valence-corrected chi connectivity index (χ4v) is 5.09. The lowest BCUT2D eigenvalue weighted by atomic mass is 9.64. The van der Waals surface area contributed by atoms with Crippen LogP contribution in [0, 0.1) is 0 Å². The van der Waals surface area contributed by atoms with Gasteiger partial charge in [-0.2, -0.15) is 0 Å². The molecular weight excluding hydrogens is 412 g/mol. The van der Waals surface area contributed by atoms with Crippen molar-refractivity contribution in [2.75, 3.05) is 7.11 Å². The number of methoxy groups -OCH3 is 1. The third-order valence-corrected chi connectivity index (χ3v) is 7.03. The Morgan fingerprint density at radius 1 is 1.23 bits per heavy atom. The van der Waals surface area contributed by atoms with Crippen LogP contribution in [0.3, 0.4) is 0 Å². The Kier molecular flexibility index (Phi) is 6.26. The Morgan fingerprint density at radius 2 is 2.00 bits per heavy atom. The highest BCUT2D eigenvalue weighted by molar-refractivity contribution is 6.32. The van der Waals surface area contributed by atoms with Crippen molar-refractivity contribution in [1.82, 2.24) is 4.98 Å². The van der Waals surface area contributed by atoms with E-state index in [0.717, 1.165) is 43.2 Å². The number of ether oxygens (including phenoxy) is 2. The molecule has 0 aliphatic heterocycles. The molecule has 0 amide bonds. The number of halogens is 1. The summed E-state index contributed by atoms with van der Waals surface area (Å²) in [5, 5.41) is 1.84. The topological polar surface area (TPSA) is 77.3 Å². The van der Waals surface area contributed by atoms with E-state index in [1.807, 2.05) is 24.3 Å². The quantitative estimate of drug-likeness (QED) is 0.553. The van der Waals surface area contributed by atoms with Crippen molar-refractivity contribution in [2.45, 2.75) is 56.6 Å². The third kappa shape index (κ3) is 4.17. The van der Waals surface area contributed by atoms with Crippen LogP contribution in [-0.2, 0) is 5.41 Å². The van der Waals surface area contributed by atoms with Gasteiger partial charge in [-0.1, -0.05) is 30.7 Å². The van der Waals surface area contributed by atoms with Crippen molar-refractivity contribution in [2.24, 2.45) is 5.73 Å². The fourth-order valence-electron chi connectivity index (χ4n) is 4.88. The van der Waals surface area contributed by atoms with Gasteiger partial charge in [-0.25, -0.2) is 0 Å². The first-order valence-corrected chi connectivity index (χ1v) is 11.2. The molecule has 164 valence electrons. The van der Waals surface area contributed by atoms with E-state index in [2.05, 4.69) is 24.0 Å². The molecule has 1 aliphatic carbocycles. The van der Waals surface area contributed by atoms with Crippen molar-refractivity contribution in [3.05, 3.63) is 69.6 Å². The highest BCUT2D eigenvalue weighted by Crippen LogP contribution is 2.44. The molecule has 1 aliphatic rings. The molecule has 1 aromatic heterocycles. The standard InChI is InChI=1S/C25H29ClN2O3/c1-3-23(27)25(17-5-4-6-19(14-17)30-2)10-7-18(8-11-25)31-22-13-16-9-12-28-24(29)20(16)15-21(22)26/h4-6,9,12-15,18,23H,3,7-8,10-11,27H2,1-2H3,(H,28,29). The smallest absolute Gasteiger partial charge is 0.255 e. The first-order valence-electron chi connectivity index (χ1n) is 10.8. The van der Waals surface area contributed by atoms with E-state index >= 15 is 0 Å². The number of benzene rings is 2. The molecular formula is C25H29ClN2O3. The largest absolute Gasteiger partial charge is 0.497 e. The highest BCUT2D eigenvalue weighted by Gasteiger charge is 2.41. The van der Waals surface area contributed by atoms with E-state index in [-0.39, 0.29) is 23.1 Å². The zero-order chi connectivity index (χ0) is 22.0. The van der Waals surface area contributed by atoms with Crippen LogP contribution in [0.15, 0.2) is 53.5 Å². The van der Waals surface area contributed by atoms with Crippen molar-refractivity contribution in [3.63, 3.8) is 0 Å². The van der Waals surface area contributed by atoms with Crippen LogP contribution < -0.4 is 20.8 Å². The molecule has 3 N–H and O–H groups in total. The monoisotopic (exact) mass is 440 g/mol. The molecule has 1 unspecified atom stereocenters. The molecule has 31 heavy (non-hydrogen) atoms. The predicted octanol–water partition coefficient (Wildman–Crippen LogP) is 5.19. The number of aromatic amines is 1. The number of fused-ring (bicyclic) bond motifs is 1. The molecule has 3 aromatic rings. The molecule has 1 saturated carbocycles. The summed E-state index contributed by atoms with van der Waals surface area (Å²) in [6.07, 6.45) is 6.24. The summed E-state index contributed by atoms with van der Waals surface area (Å²) in [4.78, 5) is 14.7. The van der Waals surface area contributed by atoms with Gasteiger partial charge in [0.2, 0.25) is 0 Å². The maximum absolute atomic E-state index is 12.0. The zero-order valence-corrected chi connectivity index (χ0v) is 18.7. The van der Waals surface area contributed by atoms with Crippen molar-refractivity contribution in [1.29, 1.82) is 0 Å². The fraction of sp³-hybridized carbons (Fsp3) is 0.400. The Hall–Kier alpha value is -2.50. The van der Waals surface area contributed by atoms with Crippen LogP contribution in [0.5, 0.6) is 11.5 Å². The first kappa shape index (κ1) is 21.7. The average Bonchev–Trinajstić information content (AvgIpc) is 2.80. The van der Waals surface area contributed by atoms with Gasteiger partial charge in [0.15, 0.2) is 0 Å². The Labute approximate surface area is 187 Å². The van der Waals surface area contributed by atoms with Gasteiger partial charge in [0.25, 0.3) is 5.56 Å². The molecule has 6 heteroatoms. The summed E-state index contributed by atoms with van der Waals surface area (Å²) >= 11 is 6.44. The molecule has 0 saturated heterocycles. The Balaban J connectivity index is 1.56. The summed E-state index contributed by atoms with van der Waals surface area (Å²) in [5.41, 5.74) is 7.66. The van der Waals surface area contributed by atoms with Crippen LogP contribution in [-0.4, -0.2) is 24.2 Å². The van der Waals surface area contributed by atoms with Crippen molar-refractivity contribution < 1.29 is 9.47 Å². The van der Waals surface area contributed by atoms with Crippen LogP contribution in [0.2, 0.25) is 5.02 Å². The number of nitrogens with one attached hydrogen (secondary N) is 1. The number of pyridine rings is 1. The average molecular weight is 441 g/mol. The second-order valence-electron chi connectivity index (χ2n) is 8.40.